The Hall–Kier alpha value is -2.62. The number of phenolic OH excluding ortho intramolecular Hbond substituents is 2. The number of rotatable bonds is 4. The average Bonchev–Trinajstić information content (AvgIpc) is 2.51. The van der Waals surface area contributed by atoms with E-state index in [2.05, 4.69) is 0 Å². The van der Waals surface area contributed by atoms with Crippen LogP contribution in [0.25, 0.3) is 6.08 Å². The monoisotopic (exact) mass is 354 g/mol. The van der Waals surface area contributed by atoms with Crippen molar-refractivity contribution in [2.75, 3.05) is 0 Å². The molecule has 1 saturated carbocycles. The fourth-order valence-electron chi connectivity index (χ4n) is 2.56. The summed E-state index contributed by atoms with van der Waals surface area (Å²) < 4.78 is 4.91. The summed E-state index contributed by atoms with van der Waals surface area (Å²) in [6.07, 6.45) is -3.60. The van der Waals surface area contributed by atoms with Gasteiger partial charge in [0.05, 0.1) is 6.10 Å². The molecule has 9 heteroatoms. The summed E-state index contributed by atoms with van der Waals surface area (Å²) in [7, 11) is 0. The third-order valence-electron chi connectivity index (χ3n) is 3.94. The van der Waals surface area contributed by atoms with E-state index in [0.717, 1.165) is 12.1 Å². The van der Waals surface area contributed by atoms with Crippen molar-refractivity contribution in [1.29, 1.82) is 0 Å². The fourth-order valence-corrected chi connectivity index (χ4v) is 2.56. The van der Waals surface area contributed by atoms with Crippen LogP contribution in [-0.4, -0.2) is 66.5 Å². The van der Waals surface area contributed by atoms with Crippen molar-refractivity contribution in [3.05, 3.63) is 29.8 Å². The first-order chi connectivity index (χ1) is 11.6. The Morgan fingerprint density at radius 2 is 1.88 bits per heavy atom. The molecule has 0 spiro atoms. The third kappa shape index (κ3) is 4.27. The van der Waals surface area contributed by atoms with Gasteiger partial charge in [0.2, 0.25) is 0 Å². The molecule has 0 heterocycles. The number of carboxylic acids is 1. The Kier molecular flexibility index (Phi) is 5.31. The Morgan fingerprint density at radius 1 is 1.20 bits per heavy atom. The molecular weight excluding hydrogens is 336 g/mol. The van der Waals surface area contributed by atoms with Gasteiger partial charge in [-0.15, -0.1) is 0 Å². The highest BCUT2D eigenvalue weighted by molar-refractivity contribution is 5.88. The van der Waals surface area contributed by atoms with Crippen LogP contribution < -0.4 is 0 Å². The lowest BCUT2D eigenvalue weighted by atomic mass is 9.79. The molecule has 9 nitrogen and oxygen atoms in total. The number of aromatic hydroxyl groups is 2. The van der Waals surface area contributed by atoms with Crippen LogP contribution in [0.15, 0.2) is 24.3 Å². The predicted octanol–water partition coefficient (Wildman–Crippen LogP) is -0.646. The van der Waals surface area contributed by atoms with E-state index in [1.165, 1.54) is 18.2 Å². The van der Waals surface area contributed by atoms with E-state index in [9.17, 15) is 35.1 Å². The van der Waals surface area contributed by atoms with Gasteiger partial charge in [0.15, 0.2) is 5.60 Å². The lowest BCUT2D eigenvalue weighted by Crippen LogP contribution is -2.57. The Labute approximate surface area is 142 Å². The summed E-state index contributed by atoms with van der Waals surface area (Å²) >= 11 is 0. The second-order valence-corrected chi connectivity index (χ2v) is 5.85. The zero-order valence-electron chi connectivity index (χ0n) is 12.9. The molecule has 1 fully saturated rings. The number of aliphatic carboxylic acids is 1. The lowest BCUT2D eigenvalue weighted by Gasteiger charge is -2.39. The normalized spacial score (nSPS) is 29.5. The van der Waals surface area contributed by atoms with Crippen LogP contribution in [0.5, 0.6) is 11.5 Å². The molecule has 0 amide bonds. The number of esters is 1. The number of carbonyl (C=O) groups is 2. The molecule has 6 N–H and O–H groups in total. The van der Waals surface area contributed by atoms with E-state index in [4.69, 9.17) is 9.84 Å². The highest BCUT2D eigenvalue weighted by Crippen LogP contribution is 2.31. The van der Waals surface area contributed by atoms with E-state index in [-0.39, 0.29) is 17.1 Å². The quantitative estimate of drug-likeness (QED) is 0.304. The number of hydrogen-bond donors (Lipinski definition) is 6. The smallest absolute Gasteiger partial charge is 0.335 e. The molecular formula is C16H18O9. The van der Waals surface area contributed by atoms with Gasteiger partial charge < -0.3 is 35.4 Å². The van der Waals surface area contributed by atoms with Crippen LogP contribution in [0.1, 0.15) is 18.4 Å². The summed E-state index contributed by atoms with van der Waals surface area (Å²) in [4.78, 5) is 22.9. The van der Waals surface area contributed by atoms with E-state index >= 15 is 0 Å². The van der Waals surface area contributed by atoms with Crippen molar-refractivity contribution in [2.45, 2.75) is 36.8 Å². The molecule has 0 unspecified atom stereocenters. The maximum atomic E-state index is 11.8. The topological polar surface area (TPSA) is 165 Å². The first-order valence-electron chi connectivity index (χ1n) is 7.35. The van der Waals surface area contributed by atoms with Crippen LogP contribution in [0.3, 0.4) is 0 Å². The van der Waals surface area contributed by atoms with Gasteiger partial charge in [-0.3, -0.25) is 0 Å². The molecule has 25 heavy (non-hydrogen) atoms. The molecule has 1 aromatic rings. The highest BCUT2D eigenvalue weighted by Gasteiger charge is 2.50. The molecule has 1 aromatic carbocycles. The molecule has 2 rings (SSSR count). The Balaban J connectivity index is 2.07. The SMILES string of the molecule is O=C(/C=C/c1ccc(O)cc1O)O[C@@H]1C[C@](O)(C(=O)O)C[C@@H](O)[C@H]1O. The summed E-state index contributed by atoms with van der Waals surface area (Å²) in [6, 6.07) is 3.70. The first-order valence-corrected chi connectivity index (χ1v) is 7.35. The van der Waals surface area contributed by atoms with E-state index in [0.29, 0.717) is 0 Å². The largest absolute Gasteiger partial charge is 0.508 e. The van der Waals surface area contributed by atoms with Gasteiger partial charge in [-0.25, -0.2) is 9.59 Å². The minimum absolute atomic E-state index is 0.163. The minimum atomic E-state index is -2.32. The van der Waals surface area contributed by atoms with Crippen LogP contribution in [0.4, 0.5) is 0 Å². The van der Waals surface area contributed by atoms with Crippen molar-refractivity contribution in [3.8, 4) is 11.5 Å². The van der Waals surface area contributed by atoms with Gasteiger partial charge in [0.25, 0.3) is 0 Å². The molecule has 0 aliphatic heterocycles. The predicted molar refractivity (Wildman–Crippen MR) is 82.5 cm³/mol. The lowest BCUT2D eigenvalue weighted by molar-refractivity contribution is -0.196. The third-order valence-corrected chi connectivity index (χ3v) is 3.94. The standard InChI is InChI=1S/C16H18O9/c17-9-3-1-8(10(18)5-9)2-4-13(20)25-12-7-16(24,15(22)23)6-11(19)14(12)21/h1-5,11-12,14,17-19,21,24H,6-7H2,(H,22,23)/b4-2+/t11-,12-,14-,16+/m1/s1. The molecule has 0 saturated heterocycles. The zero-order chi connectivity index (χ0) is 18.8. The van der Waals surface area contributed by atoms with Crippen molar-refractivity contribution in [2.24, 2.45) is 0 Å². The van der Waals surface area contributed by atoms with Gasteiger partial charge in [0, 0.05) is 30.5 Å². The van der Waals surface area contributed by atoms with Crippen molar-refractivity contribution in [1.82, 2.24) is 0 Å². The van der Waals surface area contributed by atoms with Gasteiger partial charge >= 0.3 is 11.9 Å². The molecule has 0 aromatic heterocycles. The Morgan fingerprint density at radius 3 is 2.48 bits per heavy atom. The molecule has 1 aliphatic carbocycles. The second kappa shape index (κ2) is 7.09. The van der Waals surface area contributed by atoms with E-state index in [1.54, 1.807) is 0 Å². The minimum Gasteiger partial charge on any atom is -0.508 e. The van der Waals surface area contributed by atoms with Crippen LogP contribution in [0, 0.1) is 0 Å². The number of carboxylic acid groups (broad SMARTS) is 1. The van der Waals surface area contributed by atoms with Gasteiger partial charge in [-0.1, -0.05) is 0 Å². The summed E-state index contributed by atoms with van der Waals surface area (Å²) in [5.74, 6) is -3.01. The van der Waals surface area contributed by atoms with Crippen LogP contribution in [-0.2, 0) is 14.3 Å². The fraction of sp³-hybridized carbons (Fsp3) is 0.375. The van der Waals surface area contributed by atoms with Gasteiger partial charge in [0.1, 0.15) is 23.7 Å². The number of benzene rings is 1. The molecule has 1 aliphatic rings. The number of carbonyl (C=O) groups excluding carboxylic acids is 1. The van der Waals surface area contributed by atoms with Gasteiger partial charge in [-0.05, 0) is 18.2 Å². The molecule has 4 atom stereocenters. The van der Waals surface area contributed by atoms with Crippen molar-refractivity contribution in [3.63, 3.8) is 0 Å². The number of aliphatic hydroxyl groups is 3. The summed E-state index contributed by atoms with van der Waals surface area (Å²) in [6.45, 7) is 0. The van der Waals surface area contributed by atoms with E-state index in [1.807, 2.05) is 0 Å². The number of phenols is 2. The highest BCUT2D eigenvalue weighted by atomic mass is 16.6. The zero-order valence-corrected chi connectivity index (χ0v) is 12.9. The molecule has 0 bridgehead atoms. The maximum absolute atomic E-state index is 11.8. The van der Waals surface area contributed by atoms with Crippen molar-refractivity contribution >= 4 is 18.0 Å². The van der Waals surface area contributed by atoms with Crippen LogP contribution in [0.2, 0.25) is 0 Å². The Bertz CT molecular complexity index is 699. The average molecular weight is 354 g/mol. The first kappa shape index (κ1) is 18.7. The molecule has 0 radical (unpaired) electrons. The van der Waals surface area contributed by atoms with E-state index < -0.39 is 48.7 Å². The van der Waals surface area contributed by atoms with Crippen LogP contribution >= 0.6 is 0 Å². The summed E-state index contributed by atoms with van der Waals surface area (Å²) in [5, 5.41) is 57.3. The number of aliphatic hydroxyl groups excluding tert-OH is 2. The maximum Gasteiger partial charge on any atom is 0.335 e. The number of ether oxygens (including phenoxy) is 1. The number of hydrogen-bond acceptors (Lipinski definition) is 8. The second-order valence-electron chi connectivity index (χ2n) is 5.85. The molecule has 136 valence electrons. The van der Waals surface area contributed by atoms with Gasteiger partial charge in [-0.2, -0.15) is 0 Å². The summed E-state index contributed by atoms with van der Waals surface area (Å²) in [5.41, 5.74) is -2.11. The van der Waals surface area contributed by atoms with Crippen molar-refractivity contribution < 1.29 is 45.0 Å².